The third-order valence-corrected chi connectivity index (χ3v) is 2.32. The van der Waals surface area contributed by atoms with Crippen molar-refractivity contribution in [2.45, 2.75) is 0 Å². The fourth-order valence-corrected chi connectivity index (χ4v) is 1.60. The number of nitrogens with zero attached hydrogens (tertiary/aromatic N) is 4. The Kier molecular flexibility index (Phi) is 1.83. The molecule has 5 nitrogen and oxygen atoms in total. The maximum absolute atomic E-state index is 5.64. The second-order valence-electron chi connectivity index (χ2n) is 3.41. The van der Waals surface area contributed by atoms with Gasteiger partial charge in [-0.05, 0) is 24.3 Å². The van der Waals surface area contributed by atoms with Crippen LogP contribution in [-0.4, -0.2) is 20.0 Å². The Bertz CT molecular complexity index is 643. The molecule has 0 fully saturated rings. The maximum atomic E-state index is 5.64. The van der Waals surface area contributed by atoms with Gasteiger partial charge in [-0.1, -0.05) is 23.4 Å². The van der Waals surface area contributed by atoms with Gasteiger partial charge in [0.25, 0.3) is 0 Å². The standard InChI is InChI=1S/C11H9N5/c12-10-6-3-7-11(13-10)16-9-5-2-1-4-8(9)14-15-16/h1-7H,(H2,12,13). The summed E-state index contributed by atoms with van der Waals surface area (Å²) in [5.74, 6) is 1.14. The molecule has 16 heavy (non-hydrogen) atoms. The molecule has 0 saturated heterocycles. The van der Waals surface area contributed by atoms with Crippen LogP contribution in [0, 0.1) is 0 Å². The third kappa shape index (κ3) is 1.30. The van der Waals surface area contributed by atoms with Gasteiger partial charge in [0.2, 0.25) is 0 Å². The van der Waals surface area contributed by atoms with E-state index in [1.165, 1.54) is 0 Å². The second-order valence-corrected chi connectivity index (χ2v) is 3.41. The highest BCUT2D eigenvalue weighted by atomic mass is 15.4. The summed E-state index contributed by atoms with van der Waals surface area (Å²) in [7, 11) is 0. The number of rotatable bonds is 1. The summed E-state index contributed by atoms with van der Waals surface area (Å²) in [5, 5.41) is 8.11. The largest absolute Gasteiger partial charge is 0.384 e. The van der Waals surface area contributed by atoms with Gasteiger partial charge < -0.3 is 5.73 Å². The number of anilines is 1. The van der Waals surface area contributed by atoms with Crippen molar-refractivity contribution >= 4 is 16.9 Å². The molecule has 0 spiro atoms. The fourth-order valence-electron chi connectivity index (χ4n) is 1.60. The zero-order valence-corrected chi connectivity index (χ0v) is 8.41. The number of hydrogen-bond donors (Lipinski definition) is 1. The van der Waals surface area contributed by atoms with Gasteiger partial charge in [-0.2, -0.15) is 4.68 Å². The molecular weight excluding hydrogens is 202 g/mol. The molecule has 1 aromatic carbocycles. The van der Waals surface area contributed by atoms with E-state index in [0.29, 0.717) is 11.6 Å². The van der Waals surface area contributed by atoms with E-state index < -0.39 is 0 Å². The molecule has 0 atom stereocenters. The van der Waals surface area contributed by atoms with Crippen LogP contribution in [-0.2, 0) is 0 Å². The lowest BCUT2D eigenvalue weighted by Gasteiger charge is -2.01. The number of hydrogen-bond acceptors (Lipinski definition) is 4. The van der Waals surface area contributed by atoms with Crippen molar-refractivity contribution in [2.24, 2.45) is 0 Å². The minimum Gasteiger partial charge on any atom is -0.384 e. The minimum absolute atomic E-state index is 0.470. The summed E-state index contributed by atoms with van der Waals surface area (Å²) >= 11 is 0. The van der Waals surface area contributed by atoms with Crippen LogP contribution in [0.15, 0.2) is 42.5 Å². The minimum atomic E-state index is 0.470. The maximum Gasteiger partial charge on any atom is 0.158 e. The molecule has 2 heterocycles. The first kappa shape index (κ1) is 8.84. The molecule has 0 aliphatic heterocycles. The molecule has 2 N–H and O–H groups in total. The number of para-hydroxylation sites is 1. The highest BCUT2D eigenvalue weighted by Gasteiger charge is 2.06. The van der Waals surface area contributed by atoms with Crippen LogP contribution < -0.4 is 5.73 Å². The van der Waals surface area contributed by atoms with Crippen LogP contribution in [0.5, 0.6) is 0 Å². The lowest BCUT2D eigenvalue weighted by Crippen LogP contribution is -2.01. The molecule has 0 aliphatic carbocycles. The van der Waals surface area contributed by atoms with E-state index in [1.807, 2.05) is 36.4 Å². The van der Waals surface area contributed by atoms with E-state index >= 15 is 0 Å². The predicted molar refractivity (Wildman–Crippen MR) is 61.1 cm³/mol. The zero-order chi connectivity index (χ0) is 11.0. The molecule has 0 amide bonds. The van der Waals surface area contributed by atoms with Crippen LogP contribution >= 0.6 is 0 Å². The van der Waals surface area contributed by atoms with Crippen LogP contribution in [0.2, 0.25) is 0 Å². The van der Waals surface area contributed by atoms with E-state index in [1.54, 1.807) is 10.7 Å². The Morgan fingerprint density at radius 2 is 1.88 bits per heavy atom. The van der Waals surface area contributed by atoms with Crippen molar-refractivity contribution in [3.63, 3.8) is 0 Å². The molecule has 5 heteroatoms. The molecule has 0 aliphatic rings. The number of aromatic nitrogens is 4. The first-order chi connectivity index (χ1) is 7.84. The van der Waals surface area contributed by atoms with Gasteiger partial charge in [0.15, 0.2) is 5.82 Å². The lowest BCUT2D eigenvalue weighted by molar-refractivity contribution is 0.803. The van der Waals surface area contributed by atoms with Crippen LogP contribution in [0.1, 0.15) is 0 Å². The Morgan fingerprint density at radius 3 is 2.75 bits per heavy atom. The first-order valence-electron chi connectivity index (χ1n) is 4.88. The van der Waals surface area contributed by atoms with Crippen LogP contribution in [0.3, 0.4) is 0 Å². The highest BCUT2D eigenvalue weighted by Crippen LogP contribution is 2.14. The van der Waals surface area contributed by atoms with Crippen molar-refractivity contribution < 1.29 is 0 Å². The molecule has 0 bridgehead atoms. The zero-order valence-electron chi connectivity index (χ0n) is 8.41. The van der Waals surface area contributed by atoms with Crippen molar-refractivity contribution in [3.05, 3.63) is 42.5 Å². The predicted octanol–water partition coefficient (Wildman–Crippen LogP) is 1.40. The van der Waals surface area contributed by atoms with Crippen LogP contribution in [0.4, 0.5) is 5.82 Å². The summed E-state index contributed by atoms with van der Waals surface area (Å²) in [6, 6.07) is 13.1. The third-order valence-electron chi connectivity index (χ3n) is 2.32. The van der Waals surface area contributed by atoms with E-state index in [9.17, 15) is 0 Å². The van der Waals surface area contributed by atoms with Gasteiger partial charge in [-0.3, -0.25) is 0 Å². The number of nitrogens with two attached hydrogens (primary N) is 1. The molecule has 0 saturated carbocycles. The Labute approximate surface area is 91.5 Å². The normalized spacial score (nSPS) is 10.8. The molecule has 3 rings (SSSR count). The first-order valence-corrected chi connectivity index (χ1v) is 4.88. The number of benzene rings is 1. The van der Waals surface area contributed by atoms with E-state index in [2.05, 4.69) is 15.3 Å². The summed E-state index contributed by atoms with van der Waals surface area (Å²) in [6.45, 7) is 0. The van der Waals surface area contributed by atoms with Gasteiger partial charge in [-0.15, -0.1) is 5.10 Å². The topological polar surface area (TPSA) is 69.6 Å². The Morgan fingerprint density at radius 1 is 1.00 bits per heavy atom. The summed E-state index contributed by atoms with van der Waals surface area (Å²) in [5.41, 5.74) is 7.39. The molecular formula is C11H9N5. The number of fused-ring (bicyclic) bond motifs is 1. The van der Waals surface area contributed by atoms with Gasteiger partial charge >= 0.3 is 0 Å². The van der Waals surface area contributed by atoms with E-state index in [-0.39, 0.29) is 0 Å². The molecule has 2 aromatic heterocycles. The average Bonchev–Trinajstić information content (AvgIpc) is 2.72. The van der Waals surface area contributed by atoms with Gasteiger partial charge in [0, 0.05) is 0 Å². The fraction of sp³-hybridized carbons (Fsp3) is 0. The second kappa shape index (κ2) is 3.30. The Balaban J connectivity index is 2.26. The van der Waals surface area contributed by atoms with E-state index in [0.717, 1.165) is 11.0 Å². The molecule has 0 radical (unpaired) electrons. The average molecular weight is 211 g/mol. The van der Waals surface area contributed by atoms with Crippen molar-refractivity contribution in [2.75, 3.05) is 5.73 Å². The highest BCUT2D eigenvalue weighted by molar-refractivity contribution is 5.75. The lowest BCUT2D eigenvalue weighted by atomic mass is 10.3. The summed E-state index contributed by atoms with van der Waals surface area (Å²) in [4.78, 5) is 4.20. The SMILES string of the molecule is Nc1cccc(-n2nnc3ccccc32)n1. The smallest absolute Gasteiger partial charge is 0.158 e. The monoisotopic (exact) mass is 211 g/mol. The molecule has 0 unspecified atom stereocenters. The molecule has 3 aromatic rings. The van der Waals surface area contributed by atoms with Crippen molar-refractivity contribution in [3.8, 4) is 5.82 Å². The number of pyridine rings is 1. The van der Waals surface area contributed by atoms with Gasteiger partial charge in [0.05, 0.1) is 5.52 Å². The summed E-state index contributed by atoms with van der Waals surface area (Å²) in [6.07, 6.45) is 0. The Hall–Kier alpha value is -2.43. The molecule has 78 valence electrons. The number of nitrogen functional groups attached to an aromatic ring is 1. The van der Waals surface area contributed by atoms with Crippen molar-refractivity contribution in [1.29, 1.82) is 0 Å². The van der Waals surface area contributed by atoms with E-state index in [4.69, 9.17) is 5.73 Å². The van der Waals surface area contributed by atoms with Crippen LogP contribution in [0.25, 0.3) is 16.9 Å². The van der Waals surface area contributed by atoms with Gasteiger partial charge in [-0.25, -0.2) is 4.98 Å². The summed E-state index contributed by atoms with van der Waals surface area (Å²) < 4.78 is 1.67. The quantitative estimate of drug-likeness (QED) is 0.660. The van der Waals surface area contributed by atoms with Gasteiger partial charge in [0.1, 0.15) is 11.3 Å². The van der Waals surface area contributed by atoms with Crippen molar-refractivity contribution in [1.82, 2.24) is 20.0 Å².